The van der Waals surface area contributed by atoms with Crippen molar-refractivity contribution in [3.63, 3.8) is 0 Å². The third-order valence-corrected chi connectivity index (χ3v) is 4.20. The lowest BCUT2D eigenvalue weighted by atomic mass is 9.88. The molecule has 0 radical (unpaired) electrons. The maximum absolute atomic E-state index is 11.4. The fraction of sp³-hybridized carbons (Fsp3) is 0.462. The zero-order valence-corrected chi connectivity index (χ0v) is 11.2. The number of benzene rings is 1. The predicted octanol–water partition coefficient (Wildman–Crippen LogP) is 1.68. The fourth-order valence-electron chi connectivity index (χ4n) is 2.03. The van der Waals surface area contributed by atoms with Crippen LogP contribution in [-0.4, -0.2) is 23.4 Å². The van der Waals surface area contributed by atoms with Crippen LogP contribution in [0.5, 0.6) is 0 Å². The number of amides is 1. The van der Waals surface area contributed by atoms with Crippen molar-refractivity contribution < 1.29 is 9.90 Å². The zero-order valence-electron chi connectivity index (χ0n) is 10.4. The van der Waals surface area contributed by atoms with E-state index in [1.165, 1.54) is 0 Å². The van der Waals surface area contributed by atoms with Gasteiger partial charge in [0.25, 0.3) is 0 Å². The molecule has 0 bridgehead atoms. The topological polar surface area (TPSA) is 75.3 Å². The first kappa shape index (κ1) is 13.4. The van der Waals surface area contributed by atoms with Crippen LogP contribution in [0.2, 0.25) is 0 Å². The minimum absolute atomic E-state index is 0.0266. The van der Waals surface area contributed by atoms with Gasteiger partial charge in [-0.25, -0.2) is 0 Å². The molecular weight excluding hydrogens is 248 g/mol. The van der Waals surface area contributed by atoms with Crippen molar-refractivity contribution in [3.05, 3.63) is 23.8 Å². The first-order chi connectivity index (χ1) is 8.53. The van der Waals surface area contributed by atoms with Crippen molar-refractivity contribution in [1.29, 1.82) is 0 Å². The second-order valence-electron chi connectivity index (χ2n) is 4.79. The van der Waals surface area contributed by atoms with E-state index in [0.717, 1.165) is 16.1 Å². The highest BCUT2D eigenvalue weighted by atomic mass is 32.2. The summed E-state index contributed by atoms with van der Waals surface area (Å²) in [5.41, 5.74) is 7.61. The lowest BCUT2D eigenvalue weighted by Crippen LogP contribution is -2.33. The molecule has 0 aliphatic carbocycles. The molecule has 4 N–H and O–H groups in total. The highest BCUT2D eigenvalue weighted by molar-refractivity contribution is 8.00. The Balaban J connectivity index is 2.24. The Morgan fingerprint density at radius 1 is 1.56 bits per heavy atom. The lowest BCUT2D eigenvalue weighted by Gasteiger charge is -2.27. The summed E-state index contributed by atoms with van der Waals surface area (Å²) in [5, 5.41) is 11.8. The third-order valence-electron chi connectivity index (χ3n) is 3.13. The van der Waals surface area contributed by atoms with Crippen LogP contribution in [-0.2, 0) is 10.3 Å². The van der Waals surface area contributed by atoms with Crippen molar-refractivity contribution in [2.24, 2.45) is 5.73 Å². The van der Waals surface area contributed by atoms with Crippen molar-refractivity contribution in [2.45, 2.75) is 30.2 Å². The molecule has 0 spiro atoms. The smallest absolute Gasteiger partial charge is 0.234 e. The summed E-state index contributed by atoms with van der Waals surface area (Å²) in [6.07, 6.45) is 1.38. The normalized spacial score (nSPS) is 17.8. The molecule has 0 saturated heterocycles. The van der Waals surface area contributed by atoms with Gasteiger partial charge in [0.05, 0.1) is 11.4 Å². The van der Waals surface area contributed by atoms with E-state index in [1.807, 2.05) is 25.1 Å². The minimum atomic E-state index is -0.482. The molecule has 1 aliphatic rings. The van der Waals surface area contributed by atoms with Gasteiger partial charge in [0.15, 0.2) is 0 Å². The van der Waals surface area contributed by atoms with Crippen LogP contribution < -0.4 is 11.1 Å². The van der Waals surface area contributed by atoms with Crippen molar-refractivity contribution in [2.75, 3.05) is 17.7 Å². The summed E-state index contributed by atoms with van der Waals surface area (Å²) in [4.78, 5) is 12.4. The second kappa shape index (κ2) is 5.30. The van der Waals surface area contributed by atoms with E-state index in [1.54, 1.807) is 11.8 Å². The highest BCUT2D eigenvalue weighted by Crippen LogP contribution is 2.35. The highest BCUT2D eigenvalue weighted by Gasteiger charge is 2.23. The molecule has 1 atom stereocenters. The van der Waals surface area contributed by atoms with Gasteiger partial charge in [-0.3, -0.25) is 4.79 Å². The molecule has 1 heterocycles. The summed E-state index contributed by atoms with van der Waals surface area (Å²) >= 11 is 1.54. The largest absolute Gasteiger partial charge is 0.396 e. The van der Waals surface area contributed by atoms with Gasteiger partial charge < -0.3 is 16.2 Å². The molecule has 2 rings (SSSR count). The summed E-state index contributed by atoms with van der Waals surface area (Å²) in [6, 6.07) is 5.94. The van der Waals surface area contributed by atoms with Crippen LogP contribution in [0.25, 0.3) is 0 Å². The molecule has 18 heavy (non-hydrogen) atoms. The first-order valence-corrected chi connectivity index (χ1v) is 6.98. The minimum Gasteiger partial charge on any atom is -0.396 e. The second-order valence-corrected chi connectivity index (χ2v) is 5.81. The number of carbonyl (C=O) groups excluding carboxylic acids is 1. The van der Waals surface area contributed by atoms with E-state index >= 15 is 0 Å². The van der Waals surface area contributed by atoms with Gasteiger partial charge >= 0.3 is 0 Å². The zero-order chi connectivity index (χ0) is 13.2. The number of rotatable bonds is 4. The van der Waals surface area contributed by atoms with Gasteiger partial charge in [-0.05, 0) is 37.5 Å². The number of hydrogen-bond acceptors (Lipinski definition) is 4. The average Bonchev–Trinajstić information content (AvgIpc) is 2.35. The van der Waals surface area contributed by atoms with Crippen LogP contribution in [0.1, 0.15) is 25.3 Å². The SMILES string of the molecule is CC(N)(CCCO)c1ccc2c(c1)NC(=O)CS2. The molecular formula is C13H18N2O2S. The van der Waals surface area contributed by atoms with Crippen molar-refractivity contribution in [3.8, 4) is 0 Å². The molecule has 5 heteroatoms. The maximum Gasteiger partial charge on any atom is 0.234 e. The standard InChI is InChI=1S/C13H18N2O2S/c1-13(14,5-2-6-16)9-3-4-11-10(7-9)15-12(17)8-18-11/h3-4,7,16H,2,5-6,8,14H2,1H3,(H,15,17). The monoisotopic (exact) mass is 266 g/mol. The molecule has 1 amide bonds. The Bertz CT molecular complexity index is 460. The van der Waals surface area contributed by atoms with Gasteiger partial charge in [0.1, 0.15) is 0 Å². The summed E-state index contributed by atoms with van der Waals surface area (Å²) in [6.45, 7) is 2.09. The Morgan fingerprint density at radius 2 is 2.33 bits per heavy atom. The summed E-state index contributed by atoms with van der Waals surface area (Å²) < 4.78 is 0. The van der Waals surface area contributed by atoms with Crippen LogP contribution in [0, 0.1) is 0 Å². The first-order valence-electron chi connectivity index (χ1n) is 6.00. The quantitative estimate of drug-likeness (QED) is 0.775. The Hall–Kier alpha value is -1.04. The summed E-state index contributed by atoms with van der Waals surface area (Å²) in [5.74, 6) is 0.496. The predicted molar refractivity (Wildman–Crippen MR) is 73.7 cm³/mol. The lowest BCUT2D eigenvalue weighted by molar-refractivity contribution is -0.113. The molecule has 0 aromatic heterocycles. The Labute approximate surface area is 111 Å². The van der Waals surface area contributed by atoms with Gasteiger partial charge in [-0.1, -0.05) is 6.07 Å². The molecule has 1 aromatic rings. The molecule has 4 nitrogen and oxygen atoms in total. The number of aliphatic hydroxyl groups excluding tert-OH is 1. The average molecular weight is 266 g/mol. The summed E-state index contributed by atoms with van der Waals surface area (Å²) in [7, 11) is 0. The van der Waals surface area contributed by atoms with Crippen molar-refractivity contribution >= 4 is 23.4 Å². The van der Waals surface area contributed by atoms with Gasteiger partial charge in [0, 0.05) is 17.0 Å². The van der Waals surface area contributed by atoms with E-state index in [2.05, 4.69) is 5.32 Å². The van der Waals surface area contributed by atoms with Crippen LogP contribution in [0.4, 0.5) is 5.69 Å². The van der Waals surface area contributed by atoms with Crippen molar-refractivity contribution in [1.82, 2.24) is 0 Å². The van der Waals surface area contributed by atoms with Crippen LogP contribution >= 0.6 is 11.8 Å². The van der Waals surface area contributed by atoms with E-state index in [9.17, 15) is 4.79 Å². The number of anilines is 1. The van der Waals surface area contributed by atoms with E-state index in [-0.39, 0.29) is 12.5 Å². The third kappa shape index (κ3) is 2.85. The number of fused-ring (bicyclic) bond motifs is 1. The van der Waals surface area contributed by atoms with Crippen LogP contribution in [0.15, 0.2) is 23.1 Å². The van der Waals surface area contributed by atoms with E-state index < -0.39 is 5.54 Å². The van der Waals surface area contributed by atoms with Gasteiger partial charge in [-0.2, -0.15) is 0 Å². The maximum atomic E-state index is 11.4. The van der Waals surface area contributed by atoms with Gasteiger partial charge in [-0.15, -0.1) is 11.8 Å². The Morgan fingerprint density at radius 3 is 3.06 bits per heavy atom. The number of nitrogens with two attached hydrogens (primary N) is 1. The number of aliphatic hydroxyl groups is 1. The molecule has 0 fully saturated rings. The number of nitrogens with one attached hydrogen (secondary N) is 1. The number of carbonyl (C=O) groups is 1. The molecule has 1 unspecified atom stereocenters. The van der Waals surface area contributed by atoms with Crippen LogP contribution in [0.3, 0.4) is 0 Å². The molecule has 98 valence electrons. The van der Waals surface area contributed by atoms with E-state index in [0.29, 0.717) is 18.6 Å². The van der Waals surface area contributed by atoms with E-state index in [4.69, 9.17) is 10.8 Å². The number of thioether (sulfide) groups is 1. The van der Waals surface area contributed by atoms with Gasteiger partial charge in [0.2, 0.25) is 5.91 Å². The molecule has 0 saturated carbocycles. The Kier molecular flexibility index (Phi) is 3.94. The molecule has 1 aliphatic heterocycles. The number of hydrogen-bond donors (Lipinski definition) is 3. The molecule has 1 aromatic carbocycles. The fourth-order valence-corrected chi connectivity index (χ4v) is 2.82.